The van der Waals surface area contributed by atoms with Crippen LogP contribution < -0.4 is 5.32 Å². The molecule has 1 aromatic rings. The van der Waals surface area contributed by atoms with Crippen LogP contribution in [0.1, 0.15) is 16.8 Å². The quantitative estimate of drug-likeness (QED) is 0.872. The maximum atomic E-state index is 12.3. The summed E-state index contributed by atoms with van der Waals surface area (Å²) in [5.74, 6) is 1.26. The highest BCUT2D eigenvalue weighted by Gasteiger charge is 2.26. The molecule has 1 unspecified atom stereocenters. The number of carbonyl (C=O) groups excluding carboxylic acids is 1. The number of pyridine rings is 1. The zero-order valence-electron chi connectivity index (χ0n) is 10.8. The highest BCUT2D eigenvalue weighted by molar-refractivity contribution is 5.95. The van der Waals surface area contributed by atoms with Gasteiger partial charge in [0.2, 0.25) is 0 Å². The number of nitrogens with one attached hydrogen (secondary N) is 1. The molecule has 1 atom stereocenters. The lowest BCUT2D eigenvalue weighted by molar-refractivity contribution is 0.0775. The molecule has 5 nitrogen and oxygen atoms in total. The minimum Gasteiger partial charge on any atom is -0.384 e. The molecule has 0 bridgehead atoms. The number of likely N-dealkylation sites (tertiary alicyclic amines) is 1. The van der Waals surface area contributed by atoms with Crippen LogP contribution in [-0.2, 0) is 4.74 Å². The van der Waals surface area contributed by atoms with Crippen LogP contribution in [0.25, 0.3) is 0 Å². The maximum absolute atomic E-state index is 12.3. The molecule has 1 aliphatic rings. The molecule has 1 saturated heterocycles. The van der Waals surface area contributed by atoms with Gasteiger partial charge in [-0.3, -0.25) is 4.79 Å². The molecular formula is C13H19N3O2. The Morgan fingerprint density at radius 1 is 1.67 bits per heavy atom. The van der Waals surface area contributed by atoms with Crippen LogP contribution in [0, 0.1) is 5.92 Å². The van der Waals surface area contributed by atoms with E-state index in [1.165, 1.54) is 0 Å². The molecule has 2 rings (SSSR count). The van der Waals surface area contributed by atoms with Gasteiger partial charge in [0.05, 0.1) is 6.61 Å². The van der Waals surface area contributed by atoms with Crippen molar-refractivity contribution in [1.82, 2.24) is 9.88 Å². The highest BCUT2D eigenvalue weighted by atomic mass is 16.5. The van der Waals surface area contributed by atoms with Crippen molar-refractivity contribution in [2.24, 2.45) is 5.92 Å². The fourth-order valence-corrected chi connectivity index (χ4v) is 2.27. The lowest BCUT2D eigenvalue weighted by Crippen LogP contribution is -2.29. The van der Waals surface area contributed by atoms with Gasteiger partial charge in [-0.1, -0.05) is 0 Å². The molecule has 18 heavy (non-hydrogen) atoms. The van der Waals surface area contributed by atoms with Crippen LogP contribution in [0.2, 0.25) is 0 Å². The number of nitrogens with zero attached hydrogens (tertiary/aromatic N) is 2. The number of amides is 1. The third kappa shape index (κ3) is 2.79. The first kappa shape index (κ1) is 12.8. The van der Waals surface area contributed by atoms with Gasteiger partial charge in [0.1, 0.15) is 5.82 Å². The summed E-state index contributed by atoms with van der Waals surface area (Å²) in [6, 6.07) is 3.54. The van der Waals surface area contributed by atoms with Gasteiger partial charge in [-0.2, -0.15) is 0 Å². The third-order valence-electron chi connectivity index (χ3n) is 3.24. The number of ether oxygens (including phenoxy) is 1. The van der Waals surface area contributed by atoms with E-state index in [0.717, 1.165) is 26.1 Å². The molecule has 1 fully saturated rings. The van der Waals surface area contributed by atoms with Crippen molar-refractivity contribution in [3.05, 3.63) is 23.9 Å². The number of hydrogen-bond acceptors (Lipinski definition) is 4. The molecular weight excluding hydrogens is 230 g/mol. The van der Waals surface area contributed by atoms with E-state index in [4.69, 9.17) is 4.74 Å². The monoisotopic (exact) mass is 249 g/mol. The van der Waals surface area contributed by atoms with Crippen molar-refractivity contribution in [2.45, 2.75) is 6.42 Å². The zero-order chi connectivity index (χ0) is 13.0. The normalized spacial score (nSPS) is 19.0. The SMILES string of the molecule is CNc1cc(C(=O)N2CCC(COC)C2)ccn1. The van der Waals surface area contributed by atoms with Gasteiger partial charge in [0, 0.05) is 44.9 Å². The van der Waals surface area contributed by atoms with E-state index in [-0.39, 0.29) is 5.91 Å². The molecule has 1 N–H and O–H groups in total. The summed E-state index contributed by atoms with van der Waals surface area (Å²) in [5, 5.41) is 2.94. The van der Waals surface area contributed by atoms with E-state index in [2.05, 4.69) is 10.3 Å². The molecule has 1 aliphatic heterocycles. The largest absolute Gasteiger partial charge is 0.384 e. The minimum absolute atomic E-state index is 0.0764. The van der Waals surface area contributed by atoms with Gasteiger partial charge in [-0.25, -0.2) is 4.98 Å². The Morgan fingerprint density at radius 3 is 3.22 bits per heavy atom. The fourth-order valence-electron chi connectivity index (χ4n) is 2.27. The predicted octanol–water partition coefficient (Wildman–Crippen LogP) is 1.23. The Balaban J connectivity index is 2.03. The molecule has 0 saturated carbocycles. The van der Waals surface area contributed by atoms with E-state index in [1.807, 2.05) is 4.90 Å². The summed E-state index contributed by atoms with van der Waals surface area (Å²) in [6.07, 6.45) is 2.67. The Bertz CT molecular complexity index is 422. The van der Waals surface area contributed by atoms with Gasteiger partial charge in [0.15, 0.2) is 0 Å². The average molecular weight is 249 g/mol. The second-order valence-corrected chi connectivity index (χ2v) is 4.54. The zero-order valence-corrected chi connectivity index (χ0v) is 10.8. The summed E-state index contributed by atoms with van der Waals surface area (Å²) in [5.41, 5.74) is 0.687. The van der Waals surface area contributed by atoms with Gasteiger partial charge >= 0.3 is 0 Å². The lowest BCUT2D eigenvalue weighted by Gasteiger charge is -2.16. The first-order valence-electron chi connectivity index (χ1n) is 6.16. The number of methoxy groups -OCH3 is 1. The van der Waals surface area contributed by atoms with E-state index < -0.39 is 0 Å². The van der Waals surface area contributed by atoms with Crippen molar-refractivity contribution in [2.75, 3.05) is 39.2 Å². The van der Waals surface area contributed by atoms with E-state index in [9.17, 15) is 4.79 Å². The summed E-state index contributed by atoms with van der Waals surface area (Å²) in [7, 11) is 3.49. The number of carbonyl (C=O) groups is 1. The first-order valence-corrected chi connectivity index (χ1v) is 6.16. The molecule has 5 heteroatoms. The van der Waals surface area contributed by atoms with Crippen molar-refractivity contribution >= 4 is 11.7 Å². The molecule has 1 amide bonds. The Labute approximate surface area is 107 Å². The Morgan fingerprint density at radius 2 is 2.50 bits per heavy atom. The highest BCUT2D eigenvalue weighted by Crippen LogP contribution is 2.19. The fraction of sp³-hybridized carbons (Fsp3) is 0.538. The van der Waals surface area contributed by atoms with Crippen LogP contribution in [0.4, 0.5) is 5.82 Å². The number of rotatable bonds is 4. The Hall–Kier alpha value is -1.62. The second kappa shape index (κ2) is 5.82. The predicted molar refractivity (Wildman–Crippen MR) is 69.7 cm³/mol. The van der Waals surface area contributed by atoms with Crippen LogP contribution in [0.3, 0.4) is 0 Å². The Kier molecular flexibility index (Phi) is 4.15. The summed E-state index contributed by atoms with van der Waals surface area (Å²) in [6.45, 7) is 2.32. The smallest absolute Gasteiger partial charge is 0.254 e. The number of anilines is 1. The molecule has 0 aliphatic carbocycles. The summed E-state index contributed by atoms with van der Waals surface area (Å²) >= 11 is 0. The second-order valence-electron chi connectivity index (χ2n) is 4.54. The number of aromatic nitrogens is 1. The number of hydrogen-bond donors (Lipinski definition) is 1. The van der Waals surface area contributed by atoms with Crippen LogP contribution >= 0.6 is 0 Å². The molecule has 0 aromatic carbocycles. The van der Waals surface area contributed by atoms with E-state index in [0.29, 0.717) is 17.3 Å². The van der Waals surface area contributed by atoms with Crippen molar-refractivity contribution in [3.8, 4) is 0 Å². The minimum atomic E-state index is 0.0764. The van der Waals surface area contributed by atoms with Gasteiger partial charge in [0.25, 0.3) is 5.91 Å². The topological polar surface area (TPSA) is 54.5 Å². The average Bonchev–Trinajstić information content (AvgIpc) is 2.87. The van der Waals surface area contributed by atoms with Crippen LogP contribution in [0.15, 0.2) is 18.3 Å². The van der Waals surface area contributed by atoms with Gasteiger partial charge in [-0.15, -0.1) is 0 Å². The summed E-state index contributed by atoms with van der Waals surface area (Å²) in [4.78, 5) is 18.3. The van der Waals surface area contributed by atoms with Crippen molar-refractivity contribution < 1.29 is 9.53 Å². The maximum Gasteiger partial charge on any atom is 0.254 e. The third-order valence-corrected chi connectivity index (χ3v) is 3.24. The van der Waals surface area contributed by atoms with Gasteiger partial charge < -0.3 is 15.0 Å². The van der Waals surface area contributed by atoms with Crippen LogP contribution in [-0.4, -0.2) is 49.6 Å². The van der Waals surface area contributed by atoms with E-state index in [1.54, 1.807) is 32.5 Å². The molecule has 1 aromatic heterocycles. The molecule has 0 spiro atoms. The van der Waals surface area contributed by atoms with Crippen LogP contribution in [0.5, 0.6) is 0 Å². The lowest BCUT2D eigenvalue weighted by atomic mass is 10.1. The molecule has 0 radical (unpaired) electrons. The van der Waals surface area contributed by atoms with Crippen molar-refractivity contribution in [1.29, 1.82) is 0 Å². The molecule has 2 heterocycles. The first-order chi connectivity index (χ1) is 8.74. The molecule has 98 valence electrons. The van der Waals surface area contributed by atoms with Gasteiger partial charge in [-0.05, 0) is 18.6 Å². The van der Waals surface area contributed by atoms with E-state index >= 15 is 0 Å². The standard InChI is InChI=1S/C13H19N3O2/c1-14-12-7-11(3-5-15-12)13(17)16-6-4-10(8-16)9-18-2/h3,5,7,10H,4,6,8-9H2,1-2H3,(H,14,15). The summed E-state index contributed by atoms with van der Waals surface area (Å²) < 4.78 is 5.14. The van der Waals surface area contributed by atoms with Crippen molar-refractivity contribution in [3.63, 3.8) is 0 Å².